The van der Waals surface area contributed by atoms with Crippen molar-refractivity contribution in [3.63, 3.8) is 0 Å². The summed E-state index contributed by atoms with van der Waals surface area (Å²) in [6.07, 6.45) is 4.98. The van der Waals surface area contributed by atoms with Crippen LogP contribution in [-0.2, 0) is 0 Å². The molecule has 74 valence electrons. The minimum absolute atomic E-state index is 0.0862. The monoisotopic (exact) mass is 191 g/mol. The maximum Gasteiger partial charge on any atom is 0.146 e. The third-order valence-electron chi connectivity index (χ3n) is 3.54. The Hall–Kier alpha value is -1.05. The highest BCUT2D eigenvalue weighted by atomic mass is 19.1. The van der Waals surface area contributed by atoms with Gasteiger partial charge in [0.1, 0.15) is 5.82 Å². The molecule has 1 aromatic rings. The zero-order valence-corrected chi connectivity index (χ0v) is 8.09. The molecule has 0 saturated heterocycles. The lowest BCUT2D eigenvalue weighted by Crippen LogP contribution is -2.23. The van der Waals surface area contributed by atoms with Gasteiger partial charge in [-0.1, -0.05) is 25.0 Å². The van der Waals surface area contributed by atoms with Crippen molar-refractivity contribution in [3.8, 4) is 0 Å². The quantitative estimate of drug-likeness (QED) is 0.663. The fraction of sp³-hybridized carbons (Fsp3) is 0.500. The molecule has 0 amide bonds. The van der Waals surface area contributed by atoms with Crippen LogP contribution in [0.1, 0.15) is 37.2 Å². The maximum atomic E-state index is 13.5. The van der Waals surface area contributed by atoms with E-state index in [-0.39, 0.29) is 5.82 Å². The van der Waals surface area contributed by atoms with E-state index >= 15 is 0 Å². The van der Waals surface area contributed by atoms with E-state index in [1.54, 1.807) is 6.07 Å². The average molecular weight is 191 g/mol. The van der Waals surface area contributed by atoms with Crippen molar-refractivity contribution in [1.29, 1.82) is 0 Å². The topological polar surface area (TPSA) is 12.0 Å². The van der Waals surface area contributed by atoms with E-state index in [0.29, 0.717) is 12.0 Å². The number of benzene rings is 1. The molecule has 1 nitrogen and oxygen atoms in total. The summed E-state index contributed by atoms with van der Waals surface area (Å²) in [6.45, 7) is 0. The molecule has 0 radical (unpaired) electrons. The van der Waals surface area contributed by atoms with Gasteiger partial charge >= 0.3 is 0 Å². The van der Waals surface area contributed by atoms with E-state index in [1.807, 2.05) is 6.07 Å². The normalized spacial score (nSPS) is 29.2. The van der Waals surface area contributed by atoms with Crippen LogP contribution >= 0.6 is 0 Å². The first kappa shape index (κ1) is 8.27. The van der Waals surface area contributed by atoms with Gasteiger partial charge in [-0.3, -0.25) is 0 Å². The predicted molar refractivity (Wildman–Crippen MR) is 55.0 cm³/mol. The van der Waals surface area contributed by atoms with Crippen LogP contribution in [0, 0.1) is 5.82 Å². The van der Waals surface area contributed by atoms with Crippen molar-refractivity contribution in [2.75, 3.05) is 5.32 Å². The molecule has 1 fully saturated rings. The van der Waals surface area contributed by atoms with Gasteiger partial charge in [-0.25, -0.2) is 4.39 Å². The fourth-order valence-electron chi connectivity index (χ4n) is 2.86. The third kappa shape index (κ3) is 1.06. The zero-order valence-electron chi connectivity index (χ0n) is 8.09. The standard InChI is InChI=1S/C12H14FN/c13-10-6-3-5-9-8-4-1-2-7-11(8)14-12(9)10/h3,5-6,8,11,14H,1-2,4,7H2. The van der Waals surface area contributed by atoms with Gasteiger partial charge in [0.25, 0.3) is 0 Å². The lowest BCUT2D eigenvalue weighted by Gasteiger charge is -2.25. The molecule has 2 atom stereocenters. The molecule has 1 N–H and O–H groups in total. The number of rotatable bonds is 0. The number of hydrogen-bond donors (Lipinski definition) is 1. The van der Waals surface area contributed by atoms with E-state index in [0.717, 1.165) is 5.69 Å². The second-order valence-corrected chi connectivity index (χ2v) is 4.35. The van der Waals surface area contributed by atoms with Gasteiger partial charge in [-0.2, -0.15) is 0 Å². The largest absolute Gasteiger partial charge is 0.379 e. The SMILES string of the molecule is Fc1cccc2c1NC1CCCCC21. The van der Waals surface area contributed by atoms with Gasteiger partial charge < -0.3 is 5.32 Å². The summed E-state index contributed by atoms with van der Waals surface area (Å²) >= 11 is 0. The van der Waals surface area contributed by atoms with Gasteiger partial charge in [0.05, 0.1) is 5.69 Å². The number of halogens is 1. The number of hydrogen-bond acceptors (Lipinski definition) is 1. The van der Waals surface area contributed by atoms with Crippen LogP contribution in [0.25, 0.3) is 0 Å². The molecule has 1 saturated carbocycles. The predicted octanol–water partition coefficient (Wildman–Crippen LogP) is 3.28. The summed E-state index contributed by atoms with van der Waals surface area (Å²) < 4.78 is 13.5. The Bertz CT molecular complexity index is 361. The van der Waals surface area contributed by atoms with Crippen molar-refractivity contribution in [1.82, 2.24) is 0 Å². The Morgan fingerprint density at radius 2 is 2.07 bits per heavy atom. The Labute approximate surface area is 83.3 Å². The van der Waals surface area contributed by atoms with Crippen LogP contribution in [-0.4, -0.2) is 6.04 Å². The lowest BCUT2D eigenvalue weighted by molar-refractivity contribution is 0.422. The number of nitrogens with one attached hydrogen (secondary N) is 1. The van der Waals surface area contributed by atoms with Gasteiger partial charge in [0.15, 0.2) is 0 Å². The van der Waals surface area contributed by atoms with E-state index in [9.17, 15) is 4.39 Å². The molecule has 0 bridgehead atoms. The molecule has 1 aliphatic heterocycles. The summed E-state index contributed by atoms with van der Waals surface area (Å²) in [4.78, 5) is 0. The Kier molecular flexibility index (Phi) is 1.76. The summed E-state index contributed by atoms with van der Waals surface area (Å²) in [5.41, 5.74) is 1.97. The summed E-state index contributed by atoms with van der Waals surface area (Å²) in [5.74, 6) is 0.478. The van der Waals surface area contributed by atoms with E-state index < -0.39 is 0 Å². The first-order chi connectivity index (χ1) is 6.86. The van der Waals surface area contributed by atoms with Crippen LogP contribution < -0.4 is 5.32 Å². The highest BCUT2D eigenvalue weighted by Gasteiger charge is 2.34. The second-order valence-electron chi connectivity index (χ2n) is 4.35. The fourth-order valence-corrected chi connectivity index (χ4v) is 2.86. The average Bonchev–Trinajstić information content (AvgIpc) is 2.59. The first-order valence-corrected chi connectivity index (χ1v) is 5.41. The lowest BCUT2D eigenvalue weighted by atomic mass is 9.83. The molecule has 1 aliphatic carbocycles. The molecule has 1 heterocycles. The van der Waals surface area contributed by atoms with Crippen molar-refractivity contribution in [3.05, 3.63) is 29.6 Å². The number of fused-ring (bicyclic) bond motifs is 3. The minimum atomic E-state index is -0.0862. The van der Waals surface area contributed by atoms with Gasteiger partial charge in [0.2, 0.25) is 0 Å². The third-order valence-corrected chi connectivity index (χ3v) is 3.54. The van der Waals surface area contributed by atoms with Crippen molar-refractivity contribution < 1.29 is 4.39 Å². The minimum Gasteiger partial charge on any atom is -0.379 e. The molecule has 14 heavy (non-hydrogen) atoms. The summed E-state index contributed by atoms with van der Waals surface area (Å²) in [5, 5.41) is 3.33. The van der Waals surface area contributed by atoms with Gasteiger partial charge in [0, 0.05) is 12.0 Å². The Morgan fingerprint density at radius 1 is 1.21 bits per heavy atom. The molecular formula is C12H14FN. The summed E-state index contributed by atoms with van der Waals surface area (Å²) in [7, 11) is 0. The summed E-state index contributed by atoms with van der Waals surface area (Å²) in [6, 6.07) is 5.94. The maximum absolute atomic E-state index is 13.5. The van der Waals surface area contributed by atoms with E-state index in [2.05, 4.69) is 11.4 Å². The van der Waals surface area contributed by atoms with E-state index in [4.69, 9.17) is 0 Å². The molecule has 0 aromatic heterocycles. The Morgan fingerprint density at radius 3 is 3.00 bits per heavy atom. The molecule has 2 unspecified atom stereocenters. The molecule has 1 aromatic carbocycles. The van der Waals surface area contributed by atoms with Crippen LogP contribution in [0.2, 0.25) is 0 Å². The number of para-hydroxylation sites is 1. The van der Waals surface area contributed by atoms with E-state index in [1.165, 1.54) is 31.2 Å². The Balaban J connectivity index is 2.05. The molecular weight excluding hydrogens is 177 g/mol. The first-order valence-electron chi connectivity index (χ1n) is 5.41. The van der Waals surface area contributed by atoms with Gasteiger partial charge in [-0.05, 0) is 24.5 Å². The number of anilines is 1. The smallest absolute Gasteiger partial charge is 0.146 e. The van der Waals surface area contributed by atoms with Crippen molar-refractivity contribution in [2.45, 2.75) is 37.6 Å². The highest BCUT2D eigenvalue weighted by molar-refractivity contribution is 5.60. The second kappa shape index (κ2) is 2.97. The zero-order chi connectivity index (χ0) is 9.54. The highest BCUT2D eigenvalue weighted by Crippen LogP contribution is 2.44. The van der Waals surface area contributed by atoms with Crippen LogP contribution in [0.5, 0.6) is 0 Å². The van der Waals surface area contributed by atoms with Gasteiger partial charge in [-0.15, -0.1) is 0 Å². The van der Waals surface area contributed by atoms with Crippen LogP contribution in [0.4, 0.5) is 10.1 Å². The molecule has 2 heteroatoms. The molecule has 0 spiro atoms. The van der Waals surface area contributed by atoms with Crippen LogP contribution in [0.3, 0.4) is 0 Å². The molecule has 2 aliphatic rings. The van der Waals surface area contributed by atoms with Crippen LogP contribution in [0.15, 0.2) is 18.2 Å². The molecule has 3 rings (SSSR count). The van der Waals surface area contributed by atoms with Crippen molar-refractivity contribution >= 4 is 5.69 Å². The van der Waals surface area contributed by atoms with Crippen molar-refractivity contribution in [2.24, 2.45) is 0 Å².